The number of hydrogen-bond acceptors (Lipinski definition) is 14. The largest absolute Gasteiger partial charge is 0.472 e. The number of carbonyl (C=O) groups excluding carboxylic acids is 3. The molecule has 0 aliphatic rings. The lowest BCUT2D eigenvalue weighted by Gasteiger charge is -2.21. The van der Waals surface area contributed by atoms with E-state index in [1.54, 1.807) is 0 Å². The third kappa shape index (κ3) is 68.4. The maximum atomic E-state index is 12.9. The lowest BCUT2D eigenvalue weighted by molar-refractivity contribution is -0.161. The number of aliphatic hydroxyl groups is 2. The van der Waals surface area contributed by atoms with Crippen molar-refractivity contribution in [3.63, 3.8) is 0 Å². The van der Waals surface area contributed by atoms with Gasteiger partial charge in [-0.05, 0) is 148 Å². The van der Waals surface area contributed by atoms with E-state index in [-0.39, 0.29) is 19.3 Å². The summed E-state index contributed by atoms with van der Waals surface area (Å²) in [5.74, 6) is -1.67. The van der Waals surface area contributed by atoms with Gasteiger partial charge in [0.1, 0.15) is 25.4 Å². The molecule has 5 unspecified atom stereocenters. The lowest BCUT2D eigenvalue weighted by atomic mass is 10.1. The van der Waals surface area contributed by atoms with Crippen LogP contribution >= 0.6 is 15.6 Å². The molecule has 0 radical (unpaired) electrons. The van der Waals surface area contributed by atoms with Crippen molar-refractivity contribution in [3.8, 4) is 0 Å². The van der Waals surface area contributed by atoms with Crippen LogP contribution in [0.25, 0.3) is 0 Å². The van der Waals surface area contributed by atoms with E-state index in [1.807, 2.05) is 0 Å². The Morgan fingerprint density at radius 2 is 0.570 bits per heavy atom. The molecule has 0 aliphatic carbocycles. The molecule has 0 fully saturated rings. The number of carbonyl (C=O) groups is 3. The second-order valence-corrected chi connectivity index (χ2v) is 25.5. The minimum atomic E-state index is -4.95. The molecule has 0 spiro atoms. The van der Waals surface area contributed by atoms with Crippen molar-refractivity contribution in [3.05, 3.63) is 158 Å². The van der Waals surface area contributed by atoms with Crippen LogP contribution in [0.4, 0.5) is 0 Å². The minimum absolute atomic E-state index is 0.0618. The summed E-state index contributed by atoms with van der Waals surface area (Å²) >= 11 is 0. The number of aliphatic hydroxyl groups excluding tert-OH is 2. The molecule has 0 aromatic rings. The first-order chi connectivity index (χ1) is 45.2. The second kappa shape index (κ2) is 67.2. The molecular weight excluding hydrogens is 1220 g/mol. The Bertz CT molecular complexity index is 2320. The number of rotatable bonds is 64. The summed E-state index contributed by atoms with van der Waals surface area (Å²) in [6.07, 6.45) is 81.4. The zero-order valence-electron chi connectivity index (χ0n) is 57.1. The normalized spacial score (nSPS) is 15.1. The van der Waals surface area contributed by atoms with Crippen molar-refractivity contribution in [2.45, 2.75) is 257 Å². The molecule has 0 bridgehead atoms. The first-order valence-corrected chi connectivity index (χ1v) is 37.8. The smallest absolute Gasteiger partial charge is 0.463 e. The van der Waals surface area contributed by atoms with Gasteiger partial charge in [-0.3, -0.25) is 32.5 Å². The standard InChI is InChI=1S/C75H122O16P2/c1-4-7-10-13-16-19-22-25-28-31-33-34-36-39-40-43-46-49-52-55-58-61-73(78)85-64-70(76)65-87-92(81,82)88-66-71(77)67-89-93(83,84)90-69-72(91-75(80)63-60-57-54-51-48-45-42-37-30-27-24-21-18-15-12-9-6-3)68-86-74(79)62-59-56-53-50-47-44-41-38-35-32-29-26-23-20-17-14-11-8-5-2/h8-9,11-12,16-21,25-30,33-35,38-40,42,44-45,47,70-72,76-77H,4-7,10,13-15,22-24,31-32,36-37,41,43,46,48-69H2,1-3H3,(H,81,82)(H,83,84)/b11-8-,12-9-,19-16-,20-17-,21-18-,28-25-,29-26-,30-27-,34-33-,38-35-,40-39-,45-42-,47-44-. The fourth-order valence-electron chi connectivity index (χ4n) is 8.45. The third-order valence-electron chi connectivity index (χ3n) is 13.7. The van der Waals surface area contributed by atoms with E-state index in [2.05, 4.69) is 179 Å². The van der Waals surface area contributed by atoms with Crippen molar-refractivity contribution >= 4 is 33.6 Å². The Labute approximate surface area is 561 Å². The van der Waals surface area contributed by atoms with E-state index >= 15 is 0 Å². The van der Waals surface area contributed by atoms with E-state index in [0.29, 0.717) is 19.3 Å². The monoisotopic (exact) mass is 1340 g/mol. The summed E-state index contributed by atoms with van der Waals surface area (Å²) < 4.78 is 60.9. The quantitative estimate of drug-likeness (QED) is 0.0146. The topological polar surface area (TPSA) is 231 Å². The highest BCUT2D eigenvalue weighted by molar-refractivity contribution is 7.47. The van der Waals surface area contributed by atoms with Gasteiger partial charge >= 0.3 is 33.6 Å². The number of unbranched alkanes of at least 4 members (excludes halogenated alkanes) is 15. The highest BCUT2D eigenvalue weighted by atomic mass is 31.2. The molecule has 0 saturated heterocycles. The Balaban J connectivity index is 4.78. The van der Waals surface area contributed by atoms with Crippen LogP contribution in [0.5, 0.6) is 0 Å². The summed E-state index contributed by atoms with van der Waals surface area (Å²) in [4.78, 5) is 58.4. The van der Waals surface area contributed by atoms with Gasteiger partial charge in [-0.1, -0.05) is 230 Å². The number of phosphoric ester groups is 2. The third-order valence-corrected chi connectivity index (χ3v) is 15.6. The van der Waals surface area contributed by atoms with Crippen LogP contribution in [0.15, 0.2) is 158 Å². The molecule has 528 valence electrons. The maximum Gasteiger partial charge on any atom is 0.472 e. The number of ether oxygens (including phenoxy) is 3. The fourth-order valence-corrected chi connectivity index (χ4v) is 10.0. The van der Waals surface area contributed by atoms with Crippen LogP contribution in [0.1, 0.15) is 239 Å². The van der Waals surface area contributed by atoms with E-state index in [9.17, 15) is 43.5 Å². The molecule has 0 aromatic carbocycles. The summed E-state index contributed by atoms with van der Waals surface area (Å²) in [7, 11) is -9.82. The molecule has 18 heteroatoms. The average Bonchev–Trinajstić information content (AvgIpc) is 3.70. The highest BCUT2D eigenvalue weighted by Crippen LogP contribution is 2.45. The first kappa shape index (κ1) is 88.2. The minimum Gasteiger partial charge on any atom is -0.463 e. The van der Waals surface area contributed by atoms with Gasteiger partial charge < -0.3 is 34.2 Å². The molecule has 0 aliphatic heterocycles. The van der Waals surface area contributed by atoms with Crippen LogP contribution in [-0.2, 0) is 55.8 Å². The molecule has 0 aromatic heterocycles. The molecule has 0 rings (SSSR count). The van der Waals surface area contributed by atoms with Gasteiger partial charge in [-0.15, -0.1) is 0 Å². The zero-order chi connectivity index (χ0) is 68.1. The predicted octanol–water partition coefficient (Wildman–Crippen LogP) is 19.5. The van der Waals surface area contributed by atoms with Crippen molar-refractivity contribution in [1.29, 1.82) is 0 Å². The Hall–Kier alpha value is -4.83. The van der Waals surface area contributed by atoms with E-state index in [0.717, 1.165) is 154 Å². The van der Waals surface area contributed by atoms with E-state index in [4.69, 9.17) is 32.3 Å². The van der Waals surface area contributed by atoms with Crippen LogP contribution in [0.2, 0.25) is 0 Å². The molecule has 0 saturated carbocycles. The lowest BCUT2D eigenvalue weighted by Crippen LogP contribution is -2.30. The highest BCUT2D eigenvalue weighted by Gasteiger charge is 2.29. The van der Waals surface area contributed by atoms with E-state index in [1.165, 1.54) is 25.7 Å². The van der Waals surface area contributed by atoms with Gasteiger partial charge in [0.15, 0.2) is 6.10 Å². The maximum absolute atomic E-state index is 12.9. The van der Waals surface area contributed by atoms with Gasteiger partial charge in [0, 0.05) is 19.3 Å². The Morgan fingerprint density at radius 1 is 0.312 bits per heavy atom. The Kier molecular flexibility index (Phi) is 63.7. The van der Waals surface area contributed by atoms with Crippen LogP contribution in [-0.4, -0.2) is 95.9 Å². The number of esters is 3. The SMILES string of the molecule is CC/C=C\C/C=C\C/C=C\C/C=C\C/C=C\CCCCCC(=O)OCC(COP(=O)(O)OCC(O)COP(=O)(O)OCC(O)COC(=O)CCCCCCC/C=C\C/C=C\C/C=C\C/C=C\CCCCC)OC(=O)CCCCCC/C=C\C/C=C\C/C=C\C/C=C\CC. The van der Waals surface area contributed by atoms with Gasteiger partial charge in [0.25, 0.3) is 0 Å². The fraction of sp³-hybridized carbons (Fsp3) is 0.613. The van der Waals surface area contributed by atoms with Crippen molar-refractivity contribution < 1.29 is 75.8 Å². The van der Waals surface area contributed by atoms with E-state index < -0.39 is 91.5 Å². The Morgan fingerprint density at radius 3 is 0.914 bits per heavy atom. The number of allylic oxidation sites excluding steroid dienone is 26. The number of hydrogen-bond donors (Lipinski definition) is 4. The van der Waals surface area contributed by atoms with Gasteiger partial charge in [-0.2, -0.15) is 0 Å². The predicted molar refractivity (Wildman–Crippen MR) is 380 cm³/mol. The summed E-state index contributed by atoms with van der Waals surface area (Å²) in [6, 6.07) is 0. The van der Waals surface area contributed by atoms with Crippen molar-refractivity contribution in [2.24, 2.45) is 0 Å². The molecule has 93 heavy (non-hydrogen) atoms. The van der Waals surface area contributed by atoms with Crippen LogP contribution < -0.4 is 0 Å². The van der Waals surface area contributed by atoms with Gasteiger partial charge in [-0.25, -0.2) is 9.13 Å². The second-order valence-electron chi connectivity index (χ2n) is 22.6. The molecular formula is C75H122O16P2. The number of phosphoric acid groups is 2. The molecule has 0 heterocycles. The van der Waals surface area contributed by atoms with Gasteiger partial charge in [0.2, 0.25) is 0 Å². The van der Waals surface area contributed by atoms with Gasteiger partial charge in [0.05, 0.1) is 26.4 Å². The molecule has 5 atom stereocenters. The van der Waals surface area contributed by atoms with Crippen LogP contribution in [0, 0.1) is 0 Å². The first-order valence-electron chi connectivity index (χ1n) is 34.8. The van der Waals surface area contributed by atoms with Crippen LogP contribution in [0.3, 0.4) is 0 Å². The molecule has 16 nitrogen and oxygen atoms in total. The zero-order valence-corrected chi connectivity index (χ0v) is 58.9. The molecule has 4 N–H and O–H groups in total. The average molecular weight is 1340 g/mol. The summed E-state index contributed by atoms with van der Waals surface area (Å²) in [5, 5.41) is 20.6. The molecule has 0 amide bonds. The van der Waals surface area contributed by atoms with Crippen molar-refractivity contribution in [2.75, 3.05) is 39.6 Å². The van der Waals surface area contributed by atoms with Crippen molar-refractivity contribution in [1.82, 2.24) is 0 Å². The summed E-state index contributed by atoms with van der Waals surface area (Å²) in [5.41, 5.74) is 0. The summed E-state index contributed by atoms with van der Waals surface area (Å²) in [6.45, 7) is 2.29.